The smallest absolute Gasteiger partial charge is 0.123 e. The van der Waals surface area contributed by atoms with Crippen molar-refractivity contribution in [2.24, 2.45) is 5.73 Å². The molecule has 2 N–H and O–H groups in total. The van der Waals surface area contributed by atoms with Gasteiger partial charge in [0.1, 0.15) is 5.75 Å². The Morgan fingerprint density at radius 1 is 1.33 bits per heavy atom. The number of nitrogens with two attached hydrogens (primary N) is 1. The molecule has 2 rings (SSSR count). The van der Waals surface area contributed by atoms with Crippen LogP contribution in [-0.2, 0) is 6.54 Å². The van der Waals surface area contributed by atoms with Crippen molar-refractivity contribution in [1.82, 2.24) is 4.90 Å². The van der Waals surface area contributed by atoms with Gasteiger partial charge in [0.05, 0.1) is 7.11 Å². The van der Waals surface area contributed by atoms with Gasteiger partial charge in [-0.15, -0.1) is 12.4 Å². The minimum absolute atomic E-state index is 0. The van der Waals surface area contributed by atoms with Crippen molar-refractivity contribution in [2.75, 3.05) is 20.7 Å². The van der Waals surface area contributed by atoms with Crippen molar-refractivity contribution in [2.45, 2.75) is 31.3 Å². The van der Waals surface area contributed by atoms with E-state index in [2.05, 4.69) is 24.1 Å². The second kappa shape index (κ2) is 6.41. The Morgan fingerprint density at radius 3 is 2.50 bits per heavy atom. The first-order valence-corrected chi connectivity index (χ1v) is 6.25. The van der Waals surface area contributed by atoms with E-state index in [1.54, 1.807) is 7.11 Å². The molecule has 0 aliphatic heterocycles. The second-order valence-corrected chi connectivity index (χ2v) is 4.95. The number of para-hydroxylation sites is 1. The van der Waals surface area contributed by atoms with Gasteiger partial charge >= 0.3 is 0 Å². The number of likely N-dealkylation sites (N-methyl/N-ethyl adjacent to an activating group) is 1. The minimum atomic E-state index is 0. The maximum absolute atomic E-state index is 5.92. The van der Waals surface area contributed by atoms with Crippen LogP contribution < -0.4 is 10.5 Å². The van der Waals surface area contributed by atoms with Gasteiger partial charge in [-0.05, 0) is 32.4 Å². The van der Waals surface area contributed by atoms with Crippen LogP contribution in [0.15, 0.2) is 24.3 Å². The third-order valence-electron chi connectivity index (χ3n) is 4.07. The van der Waals surface area contributed by atoms with Gasteiger partial charge in [-0.1, -0.05) is 18.2 Å². The van der Waals surface area contributed by atoms with Crippen molar-refractivity contribution < 1.29 is 4.74 Å². The van der Waals surface area contributed by atoms with Crippen LogP contribution in [0.1, 0.15) is 24.8 Å². The summed E-state index contributed by atoms with van der Waals surface area (Å²) in [5.41, 5.74) is 7.38. The number of methoxy groups -OCH3 is 1. The third-order valence-corrected chi connectivity index (χ3v) is 4.07. The average Bonchev–Trinajstić information content (AvgIpc) is 2.29. The summed E-state index contributed by atoms with van der Waals surface area (Å²) in [5, 5.41) is 0. The molecule has 0 atom stereocenters. The third kappa shape index (κ3) is 2.79. The first-order valence-electron chi connectivity index (χ1n) is 6.25. The fourth-order valence-electron chi connectivity index (χ4n) is 2.58. The molecule has 1 aliphatic carbocycles. The number of hydrogen-bond donors (Lipinski definition) is 1. The molecule has 0 spiro atoms. The Balaban J connectivity index is 0.00000162. The van der Waals surface area contributed by atoms with Crippen molar-refractivity contribution in [3.05, 3.63) is 29.8 Å². The van der Waals surface area contributed by atoms with Gasteiger partial charge in [0.15, 0.2) is 0 Å². The minimum Gasteiger partial charge on any atom is -0.496 e. The molecule has 1 fully saturated rings. The molecule has 1 aliphatic rings. The van der Waals surface area contributed by atoms with Crippen LogP contribution in [0.4, 0.5) is 0 Å². The van der Waals surface area contributed by atoms with E-state index in [-0.39, 0.29) is 17.9 Å². The fraction of sp³-hybridized carbons (Fsp3) is 0.571. The lowest BCUT2D eigenvalue weighted by molar-refractivity contribution is 0.0393. The topological polar surface area (TPSA) is 38.5 Å². The maximum atomic E-state index is 5.92. The number of nitrogens with zero attached hydrogens (tertiary/aromatic N) is 1. The molecule has 3 nitrogen and oxygen atoms in total. The van der Waals surface area contributed by atoms with Crippen LogP contribution in [0.3, 0.4) is 0 Å². The van der Waals surface area contributed by atoms with Gasteiger partial charge in [0.25, 0.3) is 0 Å². The Morgan fingerprint density at radius 2 is 2.00 bits per heavy atom. The van der Waals surface area contributed by atoms with Crippen molar-refractivity contribution in [3.8, 4) is 5.75 Å². The molecule has 4 heteroatoms. The number of halogens is 1. The molecule has 0 radical (unpaired) electrons. The molecule has 0 aromatic heterocycles. The molecule has 1 aromatic carbocycles. The van der Waals surface area contributed by atoms with E-state index in [1.807, 2.05) is 12.1 Å². The second-order valence-electron chi connectivity index (χ2n) is 4.95. The fourth-order valence-corrected chi connectivity index (χ4v) is 2.58. The molecular weight excluding hydrogens is 248 g/mol. The molecule has 0 saturated heterocycles. The predicted molar refractivity (Wildman–Crippen MR) is 77.3 cm³/mol. The molecular formula is C14H23ClN2O. The summed E-state index contributed by atoms with van der Waals surface area (Å²) in [6.45, 7) is 1.65. The van der Waals surface area contributed by atoms with E-state index < -0.39 is 0 Å². The van der Waals surface area contributed by atoms with E-state index in [1.165, 1.54) is 24.8 Å². The standard InChI is InChI=1S/C14H22N2O.ClH/c1-16(14(11-15)8-5-9-14)10-12-6-3-4-7-13(12)17-2;/h3-4,6-7H,5,8-11,15H2,1-2H3;1H. The quantitative estimate of drug-likeness (QED) is 0.893. The highest BCUT2D eigenvalue weighted by molar-refractivity contribution is 5.85. The summed E-state index contributed by atoms with van der Waals surface area (Å²) in [4.78, 5) is 2.38. The highest BCUT2D eigenvalue weighted by Gasteiger charge is 2.39. The monoisotopic (exact) mass is 270 g/mol. The van der Waals surface area contributed by atoms with Crippen molar-refractivity contribution in [3.63, 3.8) is 0 Å². The van der Waals surface area contributed by atoms with E-state index >= 15 is 0 Å². The number of hydrogen-bond acceptors (Lipinski definition) is 3. The lowest BCUT2D eigenvalue weighted by Gasteiger charge is -2.48. The molecule has 18 heavy (non-hydrogen) atoms. The highest BCUT2D eigenvalue weighted by atomic mass is 35.5. The Bertz CT molecular complexity index is 374. The zero-order chi connectivity index (χ0) is 12.3. The zero-order valence-corrected chi connectivity index (χ0v) is 12.0. The molecule has 0 heterocycles. The first-order chi connectivity index (χ1) is 8.22. The Kier molecular flexibility index (Phi) is 5.45. The molecule has 1 aromatic rings. The van der Waals surface area contributed by atoms with E-state index in [0.29, 0.717) is 0 Å². The highest BCUT2D eigenvalue weighted by Crippen LogP contribution is 2.37. The van der Waals surface area contributed by atoms with Crippen LogP contribution in [0, 0.1) is 0 Å². The lowest BCUT2D eigenvalue weighted by Crippen LogP contribution is -2.56. The maximum Gasteiger partial charge on any atom is 0.123 e. The zero-order valence-electron chi connectivity index (χ0n) is 11.2. The van der Waals surface area contributed by atoms with Gasteiger partial charge in [0.2, 0.25) is 0 Å². The summed E-state index contributed by atoms with van der Waals surface area (Å²) in [6.07, 6.45) is 3.73. The van der Waals surface area contributed by atoms with Gasteiger partial charge in [-0.3, -0.25) is 4.90 Å². The summed E-state index contributed by atoms with van der Waals surface area (Å²) < 4.78 is 5.39. The molecule has 0 bridgehead atoms. The number of benzene rings is 1. The molecule has 0 amide bonds. The van der Waals surface area contributed by atoms with Crippen molar-refractivity contribution in [1.29, 1.82) is 0 Å². The van der Waals surface area contributed by atoms with Gasteiger partial charge in [0, 0.05) is 24.2 Å². The SMILES string of the molecule is COc1ccccc1CN(C)C1(CN)CCC1.Cl. The molecule has 1 saturated carbocycles. The van der Waals surface area contributed by atoms with Crippen LogP contribution >= 0.6 is 12.4 Å². The largest absolute Gasteiger partial charge is 0.496 e. The summed E-state index contributed by atoms with van der Waals surface area (Å²) in [6, 6.07) is 8.20. The Hall–Kier alpha value is -0.770. The predicted octanol–water partition coefficient (Wildman–Crippen LogP) is 2.43. The molecule has 0 unspecified atom stereocenters. The van der Waals surface area contributed by atoms with Crippen LogP contribution in [-0.4, -0.2) is 31.1 Å². The first kappa shape index (κ1) is 15.3. The number of rotatable bonds is 5. The van der Waals surface area contributed by atoms with Gasteiger partial charge in [-0.2, -0.15) is 0 Å². The van der Waals surface area contributed by atoms with Gasteiger partial charge in [-0.25, -0.2) is 0 Å². The summed E-state index contributed by atoms with van der Waals surface area (Å²) >= 11 is 0. The van der Waals surface area contributed by atoms with E-state index in [9.17, 15) is 0 Å². The van der Waals surface area contributed by atoms with Crippen LogP contribution in [0.25, 0.3) is 0 Å². The van der Waals surface area contributed by atoms with Crippen LogP contribution in [0.2, 0.25) is 0 Å². The average molecular weight is 271 g/mol. The lowest BCUT2D eigenvalue weighted by atomic mass is 9.75. The summed E-state index contributed by atoms with van der Waals surface area (Å²) in [7, 11) is 3.89. The summed E-state index contributed by atoms with van der Waals surface area (Å²) in [5.74, 6) is 0.964. The van der Waals surface area contributed by atoms with Gasteiger partial charge < -0.3 is 10.5 Å². The molecule has 102 valence electrons. The normalized spacial score (nSPS) is 16.9. The number of ether oxygens (including phenoxy) is 1. The van der Waals surface area contributed by atoms with Crippen LogP contribution in [0.5, 0.6) is 5.75 Å². The van der Waals surface area contributed by atoms with E-state index in [4.69, 9.17) is 10.5 Å². The Labute approximate surface area is 116 Å². The van der Waals surface area contributed by atoms with E-state index in [0.717, 1.165) is 18.8 Å². The van der Waals surface area contributed by atoms with Crippen molar-refractivity contribution >= 4 is 12.4 Å².